The van der Waals surface area contributed by atoms with Crippen molar-refractivity contribution in [2.24, 2.45) is 0 Å². The van der Waals surface area contributed by atoms with E-state index in [9.17, 15) is 23.3 Å². The molecule has 88 valence electrons. The first-order valence-electron chi connectivity index (χ1n) is 3.86. The topological polar surface area (TPSA) is 43.1 Å². The highest BCUT2D eigenvalue weighted by atomic mass is 35.5. The maximum atomic E-state index is 12.4. The maximum absolute atomic E-state index is 12.4. The summed E-state index contributed by atoms with van der Waals surface area (Å²) in [6, 6.07) is 0.576. The number of hydrogen-bond acceptors (Lipinski definition) is 2. The second kappa shape index (κ2) is 4.10. The highest BCUT2D eigenvalue weighted by molar-refractivity contribution is 6.36. The SMILES string of the molecule is Cc1c(Cl)cc(C(F)(F)F)c(Cl)c1[N+](=O)[O-]. The average Bonchev–Trinajstić information content (AvgIpc) is 2.09. The average molecular weight is 274 g/mol. The van der Waals surface area contributed by atoms with E-state index < -0.39 is 27.4 Å². The lowest BCUT2D eigenvalue weighted by atomic mass is 10.1. The van der Waals surface area contributed by atoms with Crippen LogP contribution < -0.4 is 0 Å². The molecule has 0 aromatic heterocycles. The Morgan fingerprint density at radius 1 is 1.38 bits per heavy atom. The number of halogens is 5. The molecule has 0 unspecified atom stereocenters. The van der Waals surface area contributed by atoms with E-state index in [0.717, 1.165) is 0 Å². The Kier molecular flexibility index (Phi) is 3.35. The fourth-order valence-electron chi connectivity index (χ4n) is 1.13. The van der Waals surface area contributed by atoms with Crippen LogP contribution in [-0.4, -0.2) is 4.92 Å². The molecule has 0 radical (unpaired) electrons. The Morgan fingerprint density at radius 2 is 1.88 bits per heavy atom. The van der Waals surface area contributed by atoms with E-state index in [4.69, 9.17) is 23.2 Å². The number of hydrogen-bond donors (Lipinski definition) is 0. The number of alkyl halides is 3. The van der Waals surface area contributed by atoms with Crippen molar-refractivity contribution in [1.29, 1.82) is 0 Å². The lowest BCUT2D eigenvalue weighted by Crippen LogP contribution is -2.08. The highest BCUT2D eigenvalue weighted by Crippen LogP contribution is 2.43. The van der Waals surface area contributed by atoms with Crippen molar-refractivity contribution < 1.29 is 18.1 Å². The van der Waals surface area contributed by atoms with Crippen LogP contribution in [0.15, 0.2) is 6.07 Å². The number of rotatable bonds is 1. The van der Waals surface area contributed by atoms with Crippen molar-refractivity contribution in [1.82, 2.24) is 0 Å². The Labute approximate surface area is 97.9 Å². The van der Waals surface area contributed by atoms with Crippen LogP contribution in [0.25, 0.3) is 0 Å². The summed E-state index contributed by atoms with van der Waals surface area (Å²) in [5.41, 5.74) is -2.22. The molecule has 1 rings (SSSR count). The van der Waals surface area contributed by atoms with Crippen molar-refractivity contribution in [3.8, 4) is 0 Å². The van der Waals surface area contributed by atoms with E-state index >= 15 is 0 Å². The molecule has 0 aliphatic carbocycles. The van der Waals surface area contributed by atoms with Gasteiger partial charge < -0.3 is 0 Å². The summed E-state index contributed by atoms with van der Waals surface area (Å²) in [4.78, 5) is 9.58. The molecule has 0 saturated heterocycles. The number of nitrogens with zero attached hydrogens (tertiary/aromatic N) is 1. The molecule has 0 atom stereocenters. The monoisotopic (exact) mass is 273 g/mol. The lowest BCUT2D eigenvalue weighted by Gasteiger charge is -2.11. The molecule has 0 aliphatic heterocycles. The van der Waals surface area contributed by atoms with Crippen molar-refractivity contribution in [2.75, 3.05) is 0 Å². The molecule has 0 spiro atoms. The summed E-state index contributed by atoms with van der Waals surface area (Å²) in [5.74, 6) is 0. The summed E-state index contributed by atoms with van der Waals surface area (Å²) >= 11 is 10.8. The summed E-state index contributed by atoms with van der Waals surface area (Å²) in [6.45, 7) is 1.23. The molecule has 0 saturated carbocycles. The van der Waals surface area contributed by atoms with Gasteiger partial charge in [0.25, 0.3) is 5.69 Å². The minimum absolute atomic E-state index is 0.0929. The van der Waals surface area contributed by atoms with Crippen LogP contribution in [0.2, 0.25) is 10.0 Å². The van der Waals surface area contributed by atoms with Crippen LogP contribution in [0.3, 0.4) is 0 Å². The van der Waals surface area contributed by atoms with E-state index in [1.807, 2.05) is 0 Å². The van der Waals surface area contributed by atoms with Crippen molar-refractivity contribution in [3.05, 3.63) is 37.4 Å². The van der Waals surface area contributed by atoms with Gasteiger partial charge in [-0.25, -0.2) is 0 Å². The number of nitro benzene ring substituents is 1. The Bertz CT molecular complexity index is 460. The maximum Gasteiger partial charge on any atom is 0.418 e. The third-order valence-electron chi connectivity index (χ3n) is 1.92. The predicted octanol–water partition coefficient (Wildman–Crippen LogP) is 4.23. The summed E-state index contributed by atoms with van der Waals surface area (Å²) < 4.78 is 37.3. The molecule has 16 heavy (non-hydrogen) atoms. The molecule has 0 N–H and O–H groups in total. The van der Waals surface area contributed by atoms with Crippen LogP contribution >= 0.6 is 23.2 Å². The van der Waals surface area contributed by atoms with Crippen LogP contribution in [0.4, 0.5) is 18.9 Å². The van der Waals surface area contributed by atoms with Gasteiger partial charge in [-0.1, -0.05) is 23.2 Å². The summed E-state index contributed by atoms with van der Waals surface area (Å²) in [5, 5.41) is 9.28. The van der Waals surface area contributed by atoms with E-state index in [2.05, 4.69) is 0 Å². The molecular weight excluding hydrogens is 270 g/mol. The standard InChI is InChI=1S/C8H4Cl2F3NO2/c1-3-5(9)2-4(8(11,12)13)6(10)7(3)14(15)16/h2H,1H3. The first-order valence-corrected chi connectivity index (χ1v) is 4.62. The van der Waals surface area contributed by atoms with Crippen molar-refractivity contribution >= 4 is 28.9 Å². The second-order valence-corrected chi connectivity index (χ2v) is 3.73. The van der Waals surface area contributed by atoms with Crippen LogP contribution in [0.1, 0.15) is 11.1 Å². The molecule has 0 heterocycles. The largest absolute Gasteiger partial charge is 0.418 e. The zero-order valence-corrected chi connectivity index (χ0v) is 9.24. The molecule has 0 bridgehead atoms. The van der Waals surface area contributed by atoms with Crippen molar-refractivity contribution in [2.45, 2.75) is 13.1 Å². The fraction of sp³-hybridized carbons (Fsp3) is 0.250. The Balaban J connectivity index is 3.64. The van der Waals surface area contributed by atoms with Crippen LogP contribution in [0.5, 0.6) is 0 Å². The van der Waals surface area contributed by atoms with E-state index in [1.54, 1.807) is 0 Å². The van der Waals surface area contributed by atoms with Gasteiger partial charge in [0, 0.05) is 5.56 Å². The Hall–Kier alpha value is -1.01. The molecule has 1 aromatic carbocycles. The van der Waals surface area contributed by atoms with Gasteiger partial charge in [0.05, 0.1) is 15.5 Å². The van der Waals surface area contributed by atoms with Gasteiger partial charge in [-0.15, -0.1) is 0 Å². The van der Waals surface area contributed by atoms with Crippen LogP contribution in [0, 0.1) is 17.0 Å². The van der Waals surface area contributed by atoms with Gasteiger partial charge in [0.1, 0.15) is 5.02 Å². The third-order valence-corrected chi connectivity index (χ3v) is 2.69. The fourth-order valence-corrected chi connectivity index (χ4v) is 1.70. The first-order chi connectivity index (χ1) is 7.16. The summed E-state index contributed by atoms with van der Waals surface area (Å²) in [6.07, 6.45) is -4.78. The van der Waals surface area contributed by atoms with Gasteiger partial charge in [0.15, 0.2) is 0 Å². The lowest BCUT2D eigenvalue weighted by molar-refractivity contribution is -0.385. The molecule has 3 nitrogen and oxygen atoms in total. The van der Waals surface area contributed by atoms with Gasteiger partial charge in [-0.05, 0) is 13.0 Å². The highest BCUT2D eigenvalue weighted by Gasteiger charge is 2.38. The minimum atomic E-state index is -4.78. The predicted molar refractivity (Wildman–Crippen MR) is 52.9 cm³/mol. The Morgan fingerprint density at radius 3 is 2.25 bits per heavy atom. The van der Waals surface area contributed by atoms with Gasteiger partial charge in [0.2, 0.25) is 0 Å². The third kappa shape index (κ3) is 2.22. The number of benzene rings is 1. The minimum Gasteiger partial charge on any atom is -0.258 e. The van der Waals surface area contributed by atoms with E-state index in [1.165, 1.54) is 6.92 Å². The zero-order chi connectivity index (χ0) is 12.7. The molecular formula is C8H4Cl2F3NO2. The van der Waals surface area contributed by atoms with Gasteiger partial charge >= 0.3 is 6.18 Å². The first kappa shape index (κ1) is 13.1. The van der Waals surface area contributed by atoms with E-state index in [0.29, 0.717) is 6.07 Å². The zero-order valence-electron chi connectivity index (χ0n) is 7.73. The molecule has 0 fully saturated rings. The van der Waals surface area contributed by atoms with Gasteiger partial charge in [-0.2, -0.15) is 13.2 Å². The second-order valence-electron chi connectivity index (χ2n) is 2.95. The van der Waals surface area contributed by atoms with E-state index in [-0.39, 0.29) is 10.6 Å². The number of nitro groups is 1. The van der Waals surface area contributed by atoms with Crippen LogP contribution in [-0.2, 0) is 6.18 Å². The van der Waals surface area contributed by atoms with Crippen molar-refractivity contribution in [3.63, 3.8) is 0 Å². The molecule has 1 aromatic rings. The quantitative estimate of drug-likeness (QED) is 0.568. The summed E-state index contributed by atoms with van der Waals surface area (Å²) in [7, 11) is 0. The smallest absolute Gasteiger partial charge is 0.258 e. The van der Waals surface area contributed by atoms with Gasteiger partial charge in [-0.3, -0.25) is 10.1 Å². The molecule has 8 heteroatoms. The normalized spacial score (nSPS) is 11.6. The molecule has 0 amide bonds. The molecule has 0 aliphatic rings.